The monoisotopic (exact) mass is 181 g/mol. The van der Waals surface area contributed by atoms with Crippen LogP contribution in [0.3, 0.4) is 0 Å². The standard InChI is InChI=1S/C10H19N3/c1-9(11)5-3-4-7-13-8-6-10(2)12-13/h6,8-9H,3-5,7,11H2,1-2H3. The van der Waals surface area contributed by atoms with E-state index in [4.69, 9.17) is 5.73 Å². The molecule has 74 valence electrons. The molecular formula is C10H19N3. The summed E-state index contributed by atoms with van der Waals surface area (Å²) in [6.45, 7) is 5.08. The van der Waals surface area contributed by atoms with Crippen LogP contribution in [0.1, 0.15) is 31.9 Å². The second-order valence-corrected chi connectivity index (χ2v) is 3.69. The largest absolute Gasteiger partial charge is 0.328 e. The van der Waals surface area contributed by atoms with Gasteiger partial charge in [0.25, 0.3) is 0 Å². The molecule has 0 aliphatic carbocycles. The fourth-order valence-corrected chi connectivity index (χ4v) is 1.33. The average molecular weight is 181 g/mol. The molecule has 1 aromatic heterocycles. The van der Waals surface area contributed by atoms with Crippen LogP contribution in [0.15, 0.2) is 12.3 Å². The van der Waals surface area contributed by atoms with Gasteiger partial charge in [0.1, 0.15) is 0 Å². The number of nitrogens with two attached hydrogens (primary N) is 1. The van der Waals surface area contributed by atoms with Crippen LogP contribution in [0, 0.1) is 6.92 Å². The summed E-state index contributed by atoms with van der Waals surface area (Å²) >= 11 is 0. The van der Waals surface area contributed by atoms with E-state index in [0.717, 1.165) is 18.7 Å². The predicted octanol–water partition coefficient (Wildman–Crippen LogP) is 1.71. The number of aromatic nitrogens is 2. The fourth-order valence-electron chi connectivity index (χ4n) is 1.33. The Hall–Kier alpha value is -0.830. The Morgan fingerprint density at radius 1 is 1.54 bits per heavy atom. The van der Waals surface area contributed by atoms with Gasteiger partial charge in [0, 0.05) is 18.8 Å². The van der Waals surface area contributed by atoms with Crippen LogP contribution in [-0.4, -0.2) is 15.8 Å². The molecule has 0 saturated heterocycles. The van der Waals surface area contributed by atoms with Gasteiger partial charge < -0.3 is 5.73 Å². The number of nitrogens with zero attached hydrogens (tertiary/aromatic N) is 2. The molecule has 13 heavy (non-hydrogen) atoms. The number of unbranched alkanes of at least 4 members (excludes halogenated alkanes) is 1. The number of hydrogen-bond acceptors (Lipinski definition) is 2. The van der Waals surface area contributed by atoms with Gasteiger partial charge in [0.05, 0.1) is 5.69 Å². The average Bonchev–Trinajstić information content (AvgIpc) is 2.45. The predicted molar refractivity (Wildman–Crippen MR) is 54.5 cm³/mol. The Morgan fingerprint density at radius 3 is 2.85 bits per heavy atom. The zero-order valence-corrected chi connectivity index (χ0v) is 8.53. The number of aryl methyl sites for hydroxylation is 2. The molecule has 3 heteroatoms. The molecule has 1 rings (SSSR count). The first kappa shape index (κ1) is 10.3. The van der Waals surface area contributed by atoms with E-state index in [0.29, 0.717) is 6.04 Å². The Bertz CT molecular complexity index is 240. The van der Waals surface area contributed by atoms with Crippen molar-refractivity contribution < 1.29 is 0 Å². The minimum atomic E-state index is 0.333. The second-order valence-electron chi connectivity index (χ2n) is 3.69. The van der Waals surface area contributed by atoms with Gasteiger partial charge in [-0.1, -0.05) is 6.42 Å². The number of rotatable bonds is 5. The molecule has 0 aliphatic rings. The Balaban J connectivity index is 2.13. The lowest BCUT2D eigenvalue weighted by Gasteiger charge is -2.04. The molecule has 0 saturated carbocycles. The molecule has 0 bridgehead atoms. The van der Waals surface area contributed by atoms with Gasteiger partial charge in [-0.3, -0.25) is 4.68 Å². The van der Waals surface area contributed by atoms with Crippen LogP contribution < -0.4 is 5.73 Å². The molecule has 2 N–H and O–H groups in total. The lowest BCUT2D eigenvalue weighted by molar-refractivity contribution is 0.519. The molecule has 0 amide bonds. The molecule has 3 nitrogen and oxygen atoms in total. The minimum absolute atomic E-state index is 0.333. The molecule has 0 fully saturated rings. The van der Waals surface area contributed by atoms with Crippen molar-refractivity contribution in [3.63, 3.8) is 0 Å². The van der Waals surface area contributed by atoms with Crippen molar-refractivity contribution in [2.24, 2.45) is 5.73 Å². The lowest BCUT2D eigenvalue weighted by atomic mass is 10.1. The molecule has 1 heterocycles. The third-order valence-corrected chi connectivity index (χ3v) is 2.07. The highest BCUT2D eigenvalue weighted by molar-refractivity contribution is 4.94. The maximum Gasteiger partial charge on any atom is 0.0593 e. The summed E-state index contributed by atoms with van der Waals surface area (Å²) in [5.74, 6) is 0. The zero-order valence-electron chi connectivity index (χ0n) is 8.53. The van der Waals surface area contributed by atoms with E-state index in [9.17, 15) is 0 Å². The van der Waals surface area contributed by atoms with E-state index in [1.807, 2.05) is 23.9 Å². The van der Waals surface area contributed by atoms with Crippen LogP contribution in [0.2, 0.25) is 0 Å². The molecule has 1 atom stereocenters. The first-order chi connectivity index (χ1) is 6.18. The first-order valence-electron chi connectivity index (χ1n) is 4.94. The van der Waals surface area contributed by atoms with E-state index >= 15 is 0 Å². The van der Waals surface area contributed by atoms with Crippen LogP contribution in [0.4, 0.5) is 0 Å². The second kappa shape index (κ2) is 5.02. The van der Waals surface area contributed by atoms with Gasteiger partial charge in [0.15, 0.2) is 0 Å². The van der Waals surface area contributed by atoms with Gasteiger partial charge in [-0.2, -0.15) is 5.10 Å². The van der Waals surface area contributed by atoms with E-state index < -0.39 is 0 Å². The summed E-state index contributed by atoms with van der Waals surface area (Å²) in [7, 11) is 0. The van der Waals surface area contributed by atoms with Crippen molar-refractivity contribution in [2.75, 3.05) is 0 Å². The zero-order chi connectivity index (χ0) is 9.68. The number of hydrogen-bond donors (Lipinski definition) is 1. The summed E-state index contributed by atoms with van der Waals surface area (Å²) in [6, 6.07) is 2.37. The van der Waals surface area contributed by atoms with Crippen LogP contribution in [0.25, 0.3) is 0 Å². The van der Waals surface area contributed by atoms with Crippen LogP contribution >= 0.6 is 0 Å². The topological polar surface area (TPSA) is 43.8 Å². The van der Waals surface area contributed by atoms with Crippen LogP contribution in [0.5, 0.6) is 0 Å². The van der Waals surface area contributed by atoms with Gasteiger partial charge in [-0.05, 0) is 32.8 Å². The third-order valence-electron chi connectivity index (χ3n) is 2.07. The maximum absolute atomic E-state index is 5.65. The molecule has 1 aromatic rings. The van der Waals surface area contributed by atoms with Gasteiger partial charge >= 0.3 is 0 Å². The van der Waals surface area contributed by atoms with E-state index in [-0.39, 0.29) is 0 Å². The van der Waals surface area contributed by atoms with E-state index in [1.54, 1.807) is 0 Å². The Labute approximate surface area is 79.9 Å². The van der Waals surface area contributed by atoms with Crippen molar-refractivity contribution >= 4 is 0 Å². The summed E-state index contributed by atoms with van der Waals surface area (Å²) in [5, 5.41) is 4.31. The maximum atomic E-state index is 5.65. The molecular weight excluding hydrogens is 162 g/mol. The molecule has 0 aliphatic heterocycles. The smallest absolute Gasteiger partial charge is 0.0593 e. The highest BCUT2D eigenvalue weighted by atomic mass is 15.3. The minimum Gasteiger partial charge on any atom is -0.328 e. The summed E-state index contributed by atoms with van der Waals surface area (Å²) in [5.41, 5.74) is 6.74. The normalized spacial score (nSPS) is 13.2. The van der Waals surface area contributed by atoms with Crippen molar-refractivity contribution in [3.05, 3.63) is 18.0 Å². The molecule has 1 unspecified atom stereocenters. The van der Waals surface area contributed by atoms with Crippen molar-refractivity contribution in [1.29, 1.82) is 0 Å². The van der Waals surface area contributed by atoms with Gasteiger partial charge in [-0.15, -0.1) is 0 Å². The molecule has 0 aromatic carbocycles. The molecule has 0 spiro atoms. The van der Waals surface area contributed by atoms with Crippen molar-refractivity contribution in [2.45, 2.75) is 45.7 Å². The van der Waals surface area contributed by atoms with E-state index in [1.165, 1.54) is 12.8 Å². The summed E-state index contributed by atoms with van der Waals surface area (Å²) < 4.78 is 2.00. The van der Waals surface area contributed by atoms with Crippen molar-refractivity contribution in [1.82, 2.24) is 9.78 Å². The summed E-state index contributed by atoms with van der Waals surface area (Å²) in [4.78, 5) is 0. The lowest BCUT2D eigenvalue weighted by Crippen LogP contribution is -2.14. The molecule has 0 radical (unpaired) electrons. The Morgan fingerprint density at radius 2 is 2.31 bits per heavy atom. The van der Waals surface area contributed by atoms with Crippen LogP contribution in [-0.2, 0) is 6.54 Å². The SMILES string of the molecule is Cc1ccn(CCCCC(C)N)n1. The van der Waals surface area contributed by atoms with E-state index in [2.05, 4.69) is 12.0 Å². The first-order valence-corrected chi connectivity index (χ1v) is 4.94. The van der Waals surface area contributed by atoms with Gasteiger partial charge in [-0.25, -0.2) is 0 Å². The summed E-state index contributed by atoms with van der Waals surface area (Å²) in [6.07, 6.45) is 5.50. The van der Waals surface area contributed by atoms with Crippen molar-refractivity contribution in [3.8, 4) is 0 Å². The van der Waals surface area contributed by atoms with Gasteiger partial charge in [0.2, 0.25) is 0 Å². The highest BCUT2D eigenvalue weighted by Gasteiger charge is 1.96. The Kier molecular flexibility index (Phi) is 3.96. The fraction of sp³-hybridized carbons (Fsp3) is 0.700. The highest BCUT2D eigenvalue weighted by Crippen LogP contribution is 2.01. The third kappa shape index (κ3) is 4.08. The quantitative estimate of drug-likeness (QED) is 0.703.